The number of carbonyl (C=O) groups is 1. The number of pyridine rings is 1. The van der Waals surface area contributed by atoms with Crippen molar-refractivity contribution in [3.63, 3.8) is 0 Å². The molecule has 1 aliphatic rings. The lowest BCUT2D eigenvalue weighted by Gasteiger charge is -2.34. The van der Waals surface area contributed by atoms with Gasteiger partial charge in [0, 0.05) is 50.8 Å². The van der Waals surface area contributed by atoms with E-state index in [2.05, 4.69) is 19.9 Å². The molecule has 0 aliphatic carbocycles. The SMILES string of the molecule is COc1ccnc(N2CCN(C(=O)Cc3cnc4c(C)cccn34)CC2)n1. The number of rotatable bonds is 4. The lowest BCUT2D eigenvalue weighted by molar-refractivity contribution is -0.130. The molecule has 1 fully saturated rings. The van der Waals surface area contributed by atoms with Crippen LogP contribution >= 0.6 is 0 Å². The highest BCUT2D eigenvalue weighted by Crippen LogP contribution is 2.16. The van der Waals surface area contributed by atoms with Crippen LogP contribution in [0.25, 0.3) is 5.65 Å². The topological polar surface area (TPSA) is 75.9 Å². The highest BCUT2D eigenvalue weighted by Gasteiger charge is 2.23. The number of hydrogen-bond donors (Lipinski definition) is 0. The molecular weight excluding hydrogens is 344 g/mol. The van der Waals surface area contributed by atoms with Gasteiger partial charge in [0.2, 0.25) is 17.7 Å². The third kappa shape index (κ3) is 3.42. The predicted octanol–water partition coefficient (Wildman–Crippen LogP) is 1.33. The van der Waals surface area contributed by atoms with Gasteiger partial charge < -0.3 is 18.9 Å². The van der Waals surface area contributed by atoms with Gasteiger partial charge in [-0.1, -0.05) is 6.07 Å². The van der Waals surface area contributed by atoms with Gasteiger partial charge in [-0.15, -0.1) is 0 Å². The standard InChI is InChI=1S/C19H22N6O2/c1-14-4-3-7-25-15(13-21-18(14)25)12-17(26)23-8-10-24(11-9-23)19-20-6-5-16(22-19)27-2/h3-7,13H,8-12H2,1-2H3. The van der Waals surface area contributed by atoms with E-state index in [0.717, 1.165) is 16.9 Å². The Morgan fingerprint density at radius 2 is 2.00 bits per heavy atom. The highest BCUT2D eigenvalue weighted by molar-refractivity contribution is 5.79. The molecule has 1 amide bonds. The molecule has 1 aliphatic heterocycles. The molecule has 0 radical (unpaired) electrons. The third-order valence-corrected chi connectivity index (χ3v) is 4.88. The lowest BCUT2D eigenvalue weighted by atomic mass is 10.2. The minimum Gasteiger partial charge on any atom is -0.481 e. The van der Waals surface area contributed by atoms with Crippen molar-refractivity contribution >= 4 is 17.5 Å². The van der Waals surface area contributed by atoms with Crippen molar-refractivity contribution in [3.8, 4) is 5.88 Å². The van der Waals surface area contributed by atoms with E-state index in [1.807, 2.05) is 34.6 Å². The molecule has 4 rings (SSSR count). The fourth-order valence-electron chi connectivity index (χ4n) is 3.35. The third-order valence-electron chi connectivity index (χ3n) is 4.88. The molecule has 8 heteroatoms. The molecule has 0 spiro atoms. The fourth-order valence-corrected chi connectivity index (χ4v) is 3.35. The first-order valence-electron chi connectivity index (χ1n) is 8.97. The van der Waals surface area contributed by atoms with Crippen molar-refractivity contribution in [1.29, 1.82) is 0 Å². The number of hydrogen-bond acceptors (Lipinski definition) is 6. The van der Waals surface area contributed by atoms with Gasteiger partial charge in [0.25, 0.3) is 0 Å². The number of fused-ring (bicyclic) bond motifs is 1. The molecule has 1 saturated heterocycles. The van der Waals surface area contributed by atoms with E-state index in [0.29, 0.717) is 44.4 Å². The van der Waals surface area contributed by atoms with Gasteiger partial charge >= 0.3 is 0 Å². The second kappa shape index (κ2) is 7.22. The summed E-state index contributed by atoms with van der Waals surface area (Å²) in [6, 6.07) is 5.72. The molecule has 8 nitrogen and oxygen atoms in total. The van der Waals surface area contributed by atoms with Crippen molar-refractivity contribution in [2.24, 2.45) is 0 Å². The Morgan fingerprint density at radius 1 is 1.19 bits per heavy atom. The Morgan fingerprint density at radius 3 is 2.78 bits per heavy atom. The zero-order chi connectivity index (χ0) is 18.8. The number of imidazole rings is 1. The quantitative estimate of drug-likeness (QED) is 0.693. The molecule has 4 heterocycles. The van der Waals surface area contributed by atoms with Crippen LogP contribution in [0, 0.1) is 6.92 Å². The maximum absolute atomic E-state index is 12.8. The van der Waals surface area contributed by atoms with Crippen LogP contribution in [0.2, 0.25) is 0 Å². The number of ether oxygens (including phenoxy) is 1. The Bertz CT molecular complexity index is 962. The second-order valence-electron chi connectivity index (χ2n) is 6.58. The smallest absolute Gasteiger partial charge is 0.228 e. The normalized spacial score (nSPS) is 14.6. The van der Waals surface area contributed by atoms with Crippen LogP contribution in [0.15, 0.2) is 36.8 Å². The van der Waals surface area contributed by atoms with Gasteiger partial charge in [-0.2, -0.15) is 4.98 Å². The maximum Gasteiger partial charge on any atom is 0.228 e. The van der Waals surface area contributed by atoms with Crippen LogP contribution in [0.5, 0.6) is 5.88 Å². The summed E-state index contributed by atoms with van der Waals surface area (Å²) in [6.07, 6.45) is 5.78. The minimum absolute atomic E-state index is 0.115. The molecular formula is C19H22N6O2. The average molecular weight is 366 g/mol. The van der Waals surface area contributed by atoms with Crippen molar-refractivity contribution in [2.75, 3.05) is 38.2 Å². The van der Waals surface area contributed by atoms with Crippen LogP contribution in [-0.4, -0.2) is 63.4 Å². The number of methoxy groups -OCH3 is 1. The van der Waals surface area contributed by atoms with Crippen molar-refractivity contribution < 1.29 is 9.53 Å². The van der Waals surface area contributed by atoms with Gasteiger partial charge in [0.1, 0.15) is 5.65 Å². The minimum atomic E-state index is 0.115. The number of amides is 1. The first-order valence-corrected chi connectivity index (χ1v) is 8.97. The number of nitrogens with zero attached hydrogens (tertiary/aromatic N) is 6. The van der Waals surface area contributed by atoms with Crippen LogP contribution in [0.4, 0.5) is 5.95 Å². The van der Waals surface area contributed by atoms with Crippen LogP contribution < -0.4 is 9.64 Å². The first-order chi connectivity index (χ1) is 13.2. The predicted molar refractivity (Wildman–Crippen MR) is 101 cm³/mol. The molecule has 0 saturated carbocycles. The summed E-state index contributed by atoms with van der Waals surface area (Å²) in [5.41, 5.74) is 2.92. The number of aryl methyl sites for hydroxylation is 1. The average Bonchev–Trinajstić information content (AvgIpc) is 3.12. The van der Waals surface area contributed by atoms with Crippen LogP contribution in [-0.2, 0) is 11.2 Å². The summed E-state index contributed by atoms with van der Waals surface area (Å²) in [5.74, 6) is 1.30. The van der Waals surface area contributed by atoms with E-state index in [1.165, 1.54) is 0 Å². The molecule has 0 N–H and O–H groups in total. The van der Waals surface area contributed by atoms with Crippen molar-refractivity contribution in [3.05, 3.63) is 48.0 Å². The van der Waals surface area contributed by atoms with Gasteiger partial charge in [0.05, 0.1) is 19.2 Å². The highest BCUT2D eigenvalue weighted by atomic mass is 16.5. The van der Waals surface area contributed by atoms with Gasteiger partial charge in [-0.3, -0.25) is 4.79 Å². The Labute approximate surface area is 157 Å². The zero-order valence-electron chi connectivity index (χ0n) is 15.5. The summed E-state index contributed by atoms with van der Waals surface area (Å²) in [5, 5.41) is 0. The summed E-state index contributed by atoms with van der Waals surface area (Å²) >= 11 is 0. The Kier molecular flexibility index (Phi) is 4.62. The molecule has 27 heavy (non-hydrogen) atoms. The fraction of sp³-hybridized carbons (Fsp3) is 0.368. The molecule has 140 valence electrons. The van der Waals surface area contributed by atoms with E-state index in [4.69, 9.17) is 4.74 Å². The van der Waals surface area contributed by atoms with Gasteiger partial charge in [0.15, 0.2) is 0 Å². The van der Waals surface area contributed by atoms with E-state index in [-0.39, 0.29) is 5.91 Å². The molecule has 3 aromatic rings. The monoisotopic (exact) mass is 366 g/mol. The number of carbonyl (C=O) groups excluding carboxylic acids is 1. The van der Waals surface area contributed by atoms with E-state index < -0.39 is 0 Å². The van der Waals surface area contributed by atoms with Gasteiger partial charge in [-0.25, -0.2) is 9.97 Å². The molecule has 3 aromatic heterocycles. The second-order valence-corrected chi connectivity index (χ2v) is 6.58. The maximum atomic E-state index is 12.8. The van der Waals surface area contributed by atoms with Crippen molar-refractivity contribution in [2.45, 2.75) is 13.3 Å². The van der Waals surface area contributed by atoms with Crippen molar-refractivity contribution in [1.82, 2.24) is 24.3 Å². The first kappa shape index (κ1) is 17.3. The van der Waals surface area contributed by atoms with Crippen LogP contribution in [0.3, 0.4) is 0 Å². The summed E-state index contributed by atoms with van der Waals surface area (Å²) in [6.45, 7) is 4.72. The summed E-state index contributed by atoms with van der Waals surface area (Å²) in [4.78, 5) is 29.8. The molecule has 0 atom stereocenters. The van der Waals surface area contributed by atoms with E-state index >= 15 is 0 Å². The van der Waals surface area contributed by atoms with E-state index in [1.54, 1.807) is 25.6 Å². The summed E-state index contributed by atoms with van der Waals surface area (Å²) in [7, 11) is 1.59. The number of piperazine rings is 1. The molecule has 0 aromatic carbocycles. The lowest BCUT2D eigenvalue weighted by Crippen LogP contribution is -2.49. The van der Waals surface area contributed by atoms with Crippen LogP contribution in [0.1, 0.15) is 11.3 Å². The Balaban J connectivity index is 1.40. The Hall–Kier alpha value is -3.16. The largest absolute Gasteiger partial charge is 0.481 e. The zero-order valence-corrected chi connectivity index (χ0v) is 15.5. The number of aromatic nitrogens is 4. The van der Waals surface area contributed by atoms with Gasteiger partial charge in [-0.05, 0) is 18.6 Å². The molecule has 0 bridgehead atoms. The molecule has 0 unspecified atom stereocenters. The number of anilines is 1. The summed E-state index contributed by atoms with van der Waals surface area (Å²) < 4.78 is 7.15. The van der Waals surface area contributed by atoms with E-state index in [9.17, 15) is 4.79 Å².